The third-order valence-electron chi connectivity index (χ3n) is 4.84. The summed E-state index contributed by atoms with van der Waals surface area (Å²) in [6.45, 7) is 7.82. The molecule has 2 aliphatic rings. The van der Waals surface area contributed by atoms with E-state index in [0.717, 1.165) is 25.1 Å². The molecule has 114 valence electrons. The Hall–Kier alpha value is -1.71. The first-order valence-electron chi connectivity index (χ1n) is 7.70. The van der Waals surface area contributed by atoms with Crippen molar-refractivity contribution in [3.05, 3.63) is 24.3 Å². The van der Waals surface area contributed by atoms with Crippen molar-refractivity contribution in [2.24, 2.45) is 10.8 Å². The number of hydrogen-bond donors (Lipinski definition) is 2. The lowest BCUT2D eigenvalue weighted by Crippen LogP contribution is -2.40. The van der Waals surface area contributed by atoms with Crippen molar-refractivity contribution in [1.29, 1.82) is 0 Å². The highest BCUT2D eigenvalue weighted by Crippen LogP contribution is 2.52. The normalized spacial score (nSPS) is 30.2. The molecule has 0 radical (unpaired) electrons. The van der Waals surface area contributed by atoms with Gasteiger partial charge < -0.3 is 16.0 Å². The Balaban J connectivity index is 1.73. The third-order valence-corrected chi connectivity index (χ3v) is 4.84. The van der Waals surface area contributed by atoms with Gasteiger partial charge in [-0.05, 0) is 54.4 Å². The number of nitrogens with zero attached hydrogens (tertiary/aromatic N) is 1. The molecule has 1 aliphatic carbocycles. The molecule has 1 saturated carbocycles. The van der Waals surface area contributed by atoms with E-state index in [4.69, 9.17) is 5.73 Å². The van der Waals surface area contributed by atoms with E-state index in [0.29, 0.717) is 17.1 Å². The number of nitrogens with two attached hydrogens (primary N) is 1. The first kappa shape index (κ1) is 14.2. The molecule has 2 fully saturated rings. The Morgan fingerprint density at radius 2 is 1.90 bits per heavy atom. The number of carbonyl (C=O) groups is 1. The van der Waals surface area contributed by atoms with Gasteiger partial charge in [0.15, 0.2) is 0 Å². The van der Waals surface area contributed by atoms with Gasteiger partial charge in [-0.3, -0.25) is 0 Å². The largest absolute Gasteiger partial charge is 0.399 e. The highest BCUT2D eigenvalue weighted by Gasteiger charge is 2.50. The number of rotatable bonds is 1. The summed E-state index contributed by atoms with van der Waals surface area (Å²) >= 11 is 0. The van der Waals surface area contributed by atoms with Crippen molar-refractivity contribution in [2.45, 2.75) is 46.1 Å². The molecular formula is C17H25N3O. The molecule has 0 spiro atoms. The second-order valence-corrected chi connectivity index (χ2v) is 7.89. The van der Waals surface area contributed by atoms with Gasteiger partial charge >= 0.3 is 6.03 Å². The minimum absolute atomic E-state index is 0.0196. The molecule has 1 aliphatic heterocycles. The van der Waals surface area contributed by atoms with E-state index in [1.54, 1.807) is 0 Å². The molecule has 2 bridgehead atoms. The Labute approximate surface area is 126 Å². The van der Waals surface area contributed by atoms with Gasteiger partial charge in [-0.2, -0.15) is 0 Å². The Bertz CT molecular complexity index is 552. The number of nitrogen functional groups attached to an aromatic ring is 1. The molecule has 0 aromatic heterocycles. The van der Waals surface area contributed by atoms with Crippen LogP contribution in [0.4, 0.5) is 16.2 Å². The van der Waals surface area contributed by atoms with Crippen LogP contribution in [0.3, 0.4) is 0 Å². The van der Waals surface area contributed by atoms with Crippen molar-refractivity contribution in [3.8, 4) is 0 Å². The quantitative estimate of drug-likeness (QED) is 0.774. The molecule has 2 atom stereocenters. The third kappa shape index (κ3) is 2.85. The molecular weight excluding hydrogens is 262 g/mol. The number of carbonyl (C=O) groups excluding carboxylic acids is 1. The average Bonchev–Trinajstić information content (AvgIpc) is 2.61. The van der Waals surface area contributed by atoms with E-state index in [2.05, 4.69) is 26.1 Å². The topological polar surface area (TPSA) is 58.4 Å². The first-order valence-corrected chi connectivity index (χ1v) is 7.70. The van der Waals surface area contributed by atoms with Crippen molar-refractivity contribution >= 4 is 17.4 Å². The van der Waals surface area contributed by atoms with Crippen LogP contribution in [0, 0.1) is 10.8 Å². The van der Waals surface area contributed by atoms with E-state index in [-0.39, 0.29) is 11.4 Å². The van der Waals surface area contributed by atoms with Gasteiger partial charge in [0.2, 0.25) is 0 Å². The molecule has 4 nitrogen and oxygen atoms in total. The smallest absolute Gasteiger partial charge is 0.322 e. The van der Waals surface area contributed by atoms with Crippen molar-refractivity contribution in [2.75, 3.05) is 17.6 Å². The Kier molecular flexibility index (Phi) is 3.15. The molecule has 1 aromatic carbocycles. The number of hydrogen-bond acceptors (Lipinski definition) is 2. The van der Waals surface area contributed by atoms with Gasteiger partial charge in [-0.25, -0.2) is 4.79 Å². The molecule has 3 N–H and O–H groups in total. The number of anilines is 2. The lowest BCUT2D eigenvalue weighted by molar-refractivity contribution is 0.130. The second-order valence-electron chi connectivity index (χ2n) is 7.89. The lowest BCUT2D eigenvalue weighted by atomic mass is 9.65. The zero-order valence-electron chi connectivity index (χ0n) is 13.1. The second kappa shape index (κ2) is 4.65. The van der Waals surface area contributed by atoms with Crippen LogP contribution in [0.2, 0.25) is 0 Å². The van der Waals surface area contributed by atoms with Crippen LogP contribution in [0.5, 0.6) is 0 Å². The van der Waals surface area contributed by atoms with E-state index < -0.39 is 0 Å². The van der Waals surface area contributed by atoms with Crippen LogP contribution in [0.1, 0.15) is 40.0 Å². The predicted molar refractivity (Wildman–Crippen MR) is 86.1 cm³/mol. The summed E-state index contributed by atoms with van der Waals surface area (Å²) in [7, 11) is 0. The SMILES string of the molecule is CC1(C)CC2CC(C)(CN2C(=O)Nc2ccc(N)cc2)C1. The summed E-state index contributed by atoms with van der Waals surface area (Å²) in [6.07, 6.45) is 3.42. The summed E-state index contributed by atoms with van der Waals surface area (Å²) in [5, 5.41) is 3.00. The fourth-order valence-corrected chi connectivity index (χ4v) is 4.46. The Morgan fingerprint density at radius 3 is 2.57 bits per heavy atom. The van der Waals surface area contributed by atoms with Gasteiger partial charge in [-0.1, -0.05) is 20.8 Å². The number of likely N-dealkylation sites (tertiary alicyclic amines) is 1. The van der Waals surface area contributed by atoms with Crippen molar-refractivity contribution in [3.63, 3.8) is 0 Å². The summed E-state index contributed by atoms with van der Waals surface area (Å²) in [4.78, 5) is 14.6. The van der Waals surface area contributed by atoms with Gasteiger partial charge in [0.25, 0.3) is 0 Å². The molecule has 1 heterocycles. The van der Waals surface area contributed by atoms with E-state index >= 15 is 0 Å². The van der Waals surface area contributed by atoms with Crippen LogP contribution in [0.15, 0.2) is 24.3 Å². The van der Waals surface area contributed by atoms with Gasteiger partial charge in [0.1, 0.15) is 0 Å². The standard InChI is InChI=1S/C17H25N3O/c1-16(2)8-14-9-17(3,10-16)11-20(14)15(21)19-13-6-4-12(18)5-7-13/h4-7,14H,8-11,18H2,1-3H3,(H,19,21). The number of benzene rings is 1. The van der Waals surface area contributed by atoms with Crippen LogP contribution in [0.25, 0.3) is 0 Å². The van der Waals surface area contributed by atoms with E-state index in [1.807, 2.05) is 29.2 Å². The minimum Gasteiger partial charge on any atom is -0.399 e. The maximum Gasteiger partial charge on any atom is 0.322 e. The monoisotopic (exact) mass is 287 g/mol. The van der Waals surface area contributed by atoms with Crippen molar-refractivity contribution in [1.82, 2.24) is 4.90 Å². The maximum atomic E-state index is 12.6. The summed E-state index contributed by atoms with van der Waals surface area (Å²) < 4.78 is 0. The predicted octanol–water partition coefficient (Wildman–Crippen LogP) is 3.70. The van der Waals surface area contributed by atoms with Crippen LogP contribution >= 0.6 is 0 Å². The fourth-order valence-electron chi connectivity index (χ4n) is 4.46. The molecule has 2 unspecified atom stereocenters. The number of fused-ring (bicyclic) bond motifs is 2. The zero-order chi connectivity index (χ0) is 15.3. The van der Waals surface area contributed by atoms with Gasteiger partial charge in [0.05, 0.1) is 0 Å². The average molecular weight is 287 g/mol. The van der Waals surface area contributed by atoms with Gasteiger partial charge in [-0.15, -0.1) is 0 Å². The molecule has 1 aromatic rings. The number of urea groups is 1. The van der Waals surface area contributed by atoms with Crippen molar-refractivity contribution < 1.29 is 4.79 Å². The van der Waals surface area contributed by atoms with Crippen LogP contribution in [-0.4, -0.2) is 23.5 Å². The highest BCUT2D eigenvalue weighted by atomic mass is 16.2. The fraction of sp³-hybridized carbons (Fsp3) is 0.588. The molecule has 3 rings (SSSR count). The zero-order valence-corrected chi connectivity index (χ0v) is 13.1. The maximum absolute atomic E-state index is 12.6. The number of nitrogens with one attached hydrogen (secondary N) is 1. The van der Waals surface area contributed by atoms with Gasteiger partial charge in [0, 0.05) is 24.0 Å². The summed E-state index contributed by atoms with van der Waals surface area (Å²) in [6, 6.07) is 7.70. The van der Waals surface area contributed by atoms with E-state index in [1.165, 1.54) is 6.42 Å². The minimum atomic E-state index is 0.0196. The summed E-state index contributed by atoms with van der Waals surface area (Å²) in [5.41, 5.74) is 7.78. The molecule has 21 heavy (non-hydrogen) atoms. The molecule has 4 heteroatoms. The molecule has 2 amide bonds. The van der Waals surface area contributed by atoms with Crippen LogP contribution in [-0.2, 0) is 0 Å². The van der Waals surface area contributed by atoms with E-state index in [9.17, 15) is 4.79 Å². The lowest BCUT2D eigenvalue weighted by Gasteiger charge is -2.39. The highest BCUT2D eigenvalue weighted by molar-refractivity contribution is 5.90. The molecule has 1 saturated heterocycles. The summed E-state index contributed by atoms with van der Waals surface area (Å²) in [5.74, 6) is 0. The number of amides is 2. The Morgan fingerprint density at radius 1 is 1.24 bits per heavy atom. The van der Waals surface area contributed by atoms with Crippen LogP contribution < -0.4 is 11.1 Å². The first-order chi connectivity index (χ1) is 9.76.